The molecule has 0 saturated heterocycles. The molecule has 0 amide bonds. The second-order valence-electron chi connectivity index (χ2n) is 3.48. The minimum atomic E-state index is -4.47. The van der Waals surface area contributed by atoms with Gasteiger partial charge in [-0.15, -0.1) is 10.2 Å². The van der Waals surface area contributed by atoms with Crippen LogP contribution >= 0.6 is 0 Å². The molecule has 0 radical (unpaired) electrons. The molecule has 19 heavy (non-hydrogen) atoms. The molecule has 0 bridgehead atoms. The Morgan fingerprint density at radius 2 is 2.05 bits per heavy atom. The van der Waals surface area contributed by atoms with Crippen LogP contribution in [0, 0.1) is 0 Å². The number of alkyl halides is 3. The first-order valence-corrected chi connectivity index (χ1v) is 5.01. The number of aromatic nitrogens is 2. The summed E-state index contributed by atoms with van der Waals surface area (Å²) in [5, 5.41) is 6.88. The van der Waals surface area contributed by atoms with E-state index in [0.29, 0.717) is 0 Å². The number of nitrogens with zero attached hydrogens (tertiary/aromatic N) is 2. The van der Waals surface area contributed by atoms with Gasteiger partial charge in [-0.25, -0.2) is 4.79 Å². The van der Waals surface area contributed by atoms with Gasteiger partial charge >= 0.3 is 18.0 Å². The van der Waals surface area contributed by atoms with Crippen molar-refractivity contribution in [2.45, 2.75) is 6.18 Å². The summed E-state index contributed by atoms with van der Waals surface area (Å²) in [4.78, 5) is 11.1. The fourth-order valence-corrected chi connectivity index (χ4v) is 1.34. The van der Waals surface area contributed by atoms with Gasteiger partial charge in [-0.3, -0.25) is 0 Å². The Morgan fingerprint density at radius 3 is 2.68 bits per heavy atom. The van der Waals surface area contributed by atoms with E-state index in [4.69, 9.17) is 4.42 Å². The van der Waals surface area contributed by atoms with Crippen LogP contribution < -0.4 is 0 Å². The zero-order chi connectivity index (χ0) is 14.0. The first kappa shape index (κ1) is 13.1. The van der Waals surface area contributed by atoms with E-state index in [1.165, 1.54) is 12.1 Å². The van der Waals surface area contributed by atoms with Crippen LogP contribution in [0.2, 0.25) is 0 Å². The summed E-state index contributed by atoms with van der Waals surface area (Å²) in [7, 11) is 1.12. The highest BCUT2D eigenvalue weighted by Gasteiger charge is 2.31. The van der Waals surface area contributed by atoms with Gasteiger partial charge in [0.15, 0.2) is 0 Å². The highest BCUT2D eigenvalue weighted by molar-refractivity contribution is 5.84. The normalized spacial score (nSPS) is 11.4. The molecule has 1 heterocycles. The highest BCUT2D eigenvalue weighted by atomic mass is 19.4. The molecule has 1 aromatic heterocycles. The number of esters is 1. The summed E-state index contributed by atoms with van der Waals surface area (Å²) < 4.78 is 46.9. The maximum absolute atomic E-state index is 12.5. The third kappa shape index (κ3) is 2.72. The average Bonchev–Trinajstić information content (AvgIpc) is 2.86. The number of halogens is 3. The van der Waals surface area contributed by atoms with Crippen molar-refractivity contribution in [3.05, 3.63) is 35.7 Å². The number of hydrogen-bond donors (Lipinski definition) is 0. The van der Waals surface area contributed by atoms with Crippen molar-refractivity contribution in [2.75, 3.05) is 7.11 Å². The molecule has 0 aliphatic carbocycles. The summed E-state index contributed by atoms with van der Waals surface area (Å²) in [5.74, 6) is -1.47. The average molecular weight is 272 g/mol. The van der Waals surface area contributed by atoms with Gasteiger partial charge < -0.3 is 9.15 Å². The third-order valence-corrected chi connectivity index (χ3v) is 2.22. The van der Waals surface area contributed by atoms with E-state index in [2.05, 4.69) is 14.9 Å². The Hall–Kier alpha value is -2.38. The molecule has 8 heteroatoms. The van der Waals surface area contributed by atoms with Gasteiger partial charge in [-0.2, -0.15) is 13.2 Å². The zero-order valence-corrected chi connectivity index (χ0v) is 9.56. The van der Waals surface area contributed by atoms with Crippen molar-refractivity contribution in [2.24, 2.45) is 0 Å². The number of rotatable bonds is 2. The van der Waals surface area contributed by atoms with E-state index in [1.807, 2.05) is 0 Å². The Balaban J connectivity index is 2.37. The van der Waals surface area contributed by atoms with Crippen molar-refractivity contribution in [3.63, 3.8) is 0 Å². The minimum absolute atomic E-state index is 0.0671. The number of carbonyl (C=O) groups excluding carboxylic acids is 1. The topological polar surface area (TPSA) is 65.2 Å². The SMILES string of the molecule is COC(=O)c1nnc(-c2cccc(C(F)(F)F)c2)o1. The molecular weight excluding hydrogens is 265 g/mol. The van der Waals surface area contributed by atoms with Gasteiger partial charge in [0.2, 0.25) is 5.89 Å². The summed E-state index contributed by atoms with van der Waals surface area (Å²) >= 11 is 0. The van der Waals surface area contributed by atoms with E-state index in [-0.39, 0.29) is 11.5 Å². The van der Waals surface area contributed by atoms with Gasteiger partial charge in [-0.1, -0.05) is 6.07 Å². The fourth-order valence-electron chi connectivity index (χ4n) is 1.34. The van der Waals surface area contributed by atoms with Crippen molar-refractivity contribution in [3.8, 4) is 11.5 Å². The molecule has 0 aliphatic heterocycles. The van der Waals surface area contributed by atoms with Gasteiger partial charge in [0.25, 0.3) is 0 Å². The molecule has 0 atom stereocenters. The fraction of sp³-hybridized carbons (Fsp3) is 0.182. The van der Waals surface area contributed by atoms with Crippen molar-refractivity contribution >= 4 is 5.97 Å². The quantitative estimate of drug-likeness (QED) is 0.786. The van der Waals surface area contributed by atoms with Gasteiger partial charge in [0, 0.05) is 5.56 Å². The molecule has 0 unspecified atom stereocenters. The number of carbonyl (C=O) groups is 1. The molecule has 2 rings (SSSR count). The van der Waals surface area contributed by atoms with Crippen LogP contribution in [0.4, 0.5) is 13.2 Å². The third-order valence-electron chi connectivity index (χ3n) is 2.22. The lowest BCUT2D eigenvalue weighted by Crippen LogP contribution is -2.04. The molecule has 0 spiro atoms. The number of hydrogen-bond acceptors (Lipinski definition) is 5. The van der Waals surface area contributed by atoms with Crippen LogP contribution in [-0.2, 0) is 10.9 Å². The first-order valence-electron chi connectivity index (χ1n) is 5.01. The van der Waals surface area contributed by atoms with Crippen LogP contribution in [-0.4, -0.2) is 23.3 Å². The monoisotopic (exact) mass is 272 g/mol. The second kappa shape index (κ2) is 4.71. The number of benzene rings is 1. The second-order valence-corrected chi connectivity index (χ2v) is 3.48. The van der Waals surface area contributed by atoms with Crippen molar-refractivity contribution in [1.29, 1.82) is 0 Å². The van der Waals surface area contributed by atoms with Crippen molar-refractivity contribution in [1.82, 2.24) is 10.2 Å². The molecule has 0 aliphatic rings. The van der Waals surface area contributed by atoms with E-state index in [0.717, 1.165) is 19.2 Å². The molecular formula is C11H7F3N2O3. The Labute approximate surface area is 105 Å². The summed E-state index contributed by atoms with van der Waals surface area (Å²) in [6.07, 6.45) is -4.47. The largest absolute Gasteiger partial charge is 0.462 e. The Kier molecular flexibility index (Phi) is 3.24. The standard InChI is InChI=1S/C11H7F3N2O3/c1-18-10(17)9-16-15-8(19-9)6-3-2-4-7(5-6)11(12,13)14/h2-5H,1H3. The van der Waals surface area contributed by atoms with Crippen molar-refractivity contribution < 1.29 is 27.1 Å². The Morgan fingerprint density at radius 1 is 1.32 bits per heavy atom. The van der Waals surface area contributed by atoms with E-state index in [1.54, 1.807) is 0 Å². The molecule has 0 fully saturated rings. The summed E-state index contributed by atoms with van der Waals surface area (Å²) in [6.45, 7) is 0. The smallest absolute Gasteiger partial charge is 0.416 e. The van der Waals surface area contributed by atoms with Crippen LogP contribution in [0.25, 0.3) is 11.5 Å². The molecule has 5 nitrogen and oxygen atoms in total. The Bertz CT molecular complexity index is 607. The summed E-state index contributed by atoms with van der Waals surface area (Å²) in [6, 6.07) is 4.35. The number of ether oxygens (including phenoxy) is 1. The predicted molar refractivity (Wildman–Crippen MR) is 56.1 cm³/mol. The molecule has 100 valence electrons. The maximum atomic E-state index is 12.5. The van der Waals surface area contributed by atoms with Crippen LogP contribution in [0.3, 0.4) is 0 Å². The van der Waals surface area contributed by atoms with E-state index < -0.39 is 23.6 Å². The van der Waals surface area contributed by atoms with Crippen LogP contribution in [0.15, 0.2) is 28.7 Å². The van der Waals surface area contributed by atoms with Crippen LogP contribution in [0.1, 0.15) is 16.2 Å². The molecule has 1 aromatic carbocycles. The molecule has 2 aromatic rings. The highest BCUT2D eigenvalue weighted by Crippen LogP contribution is 2.31. The lowest BCUT2D eigenvalue weighted by Gasteiger charge is -2.06. The predicted octanol–water partition coefficient (Wildman–Crippen LogP) is 2.54. The zero-order valence-electron chi connectivity index (χ0n) is 9.56. The van der Waals surface area contributed by atoms with E-state index >= 15 is 0 Å². The summed E-state index contributed by atoms with van der Waals surface area (Å²) in [5.41, 5.74) is -0.778. The molecule has 0 N–H and O–H groups in total. The maximum Gasteiger partial charge on any atom is 0.416 e. The van der Waals surface area contributed by atoms with Crippen LogP contribution in [0.5, 0.6) is 0 Å². The lowest BCUT2D eigenvalue weighted by molar-refractivity contribution is -0.137. The number of methoxy groups -OCH3 is 1. The minimum Gasteiger partial charge on any atom is -0.462 e. The first-order chi connectivity index (χ1) is 8.91. The van der Waals surface area contributed by atoms with Gasteiger partial charge in [0.05, 0.1) is 12.7 Å². The lowest BCUT2D eigenvalue weighted by atomic mass is 10.1. The molecule has 0 saturated carbocycles. The van der Waals surface area contributed by atoms with Gasteiger partial charge in [-0.05, 0) is 18.2 Å². The van der Waals surface area contributed by atoms with E-state index in [9.17, 15) is 18.0 Å². The van der Waals surface area contributed by atoms with Gasteiger partial charge in [0.1, 0.15) is 0 Å².